The largest absolute Gasteiger partial charge is 0.238 e. The van der Waals surface area contributed by atoms with Crippen LogP contribution in [0.1, 0.15) is 0 Å². The number of hydrogen-bond acceptors (Lipinski definition) is 14. The molecule has 3 aliphatic heterocycles. The average Bonchev–Trinajstić information content (AvgIpc) is 3.26. The first-order valence-electron chi connectivity index (χ1n) is 10.4. The lowest BCUT2D eigenvalue weighted by atomic mass is 10.6. The van der Waals surface area contributed by atoms with Crippen LogP contribution >= 0.6 is 105 Å². The zero-order valence-electron chi connectivity index (χ0n) is 19.9. The molecule has 43 heavy (non-hydrogen) atoms. The molecule has 228 valence electrons. The van der Waals surface area contributed by atoms with E-state index in [1.165, 1.54) is 35.3 Å². The molecule has 0 saturated heterocycles. The number of halogens is 10. The van der Waals surface area contributed by atoms with E-state index in [2.05, 4.69) is 39.9 Å². The van der Waals surface area contributed by atoms with E-state index in [9.17, 15) is 30.7 Å². The molecular weight excluding hydrogens is 772 g/mol. The Hall–Kier alpha value is -1.20. The van der Waals surface area contributed by atoms with Crippen LogP contribution < -0.4 is 0 Å². The summed E-state index contributed by atoms with van der Waals surface area (Å²) >= 11 is 22.8. The molecule has 0 radical (unpaired) electrons. The van der Waals surface area contributed by atoms with Crippen LogP contribution in [0.3, 0.4) is 0 Å². The minimum absolute atomic E-state index is 0.0408. The van der Waals surface area contributed by atoms with E-state index < -0.39 is 51.7 Å². The zero-order valence-corrected chi connectivity index (χ0v) is 27.1. The van der Waals surface area contributed by atoms with Gasteiger partial charge >= 0.3 is 0 Å². The van der Waals surface area contributed by atoms with Crippen molar-refractivity contribution in [2.75, 3.05) is 15.3 Å². The van der Waals surface area contributed by atoms with E-state index in [0.29, 0.717) is 15.3 Å². The summed E-state index contributed by atoms with van der Waals surface area (Å²) in [5.41, 5.74) is 0. The van der Waals surface area contributed by atoms with E-state index >= 15 is 0 Å². The van der Waals surface area contributed by atoms with E-state index in [0.717, 1.165) is 40.4 Å². The van der Waals surface area contributed by atoms with E-state index in [4.69, 9.17) is 34.8 Å². The smallest absolute Gasteiger partial charge is 0.214 e. The van der Waals surface area contributed by atoms with Gasteiger partial charge in [0.25, 0.3) is 0 Å². The van der Waals surface area contributed by atoms with Gasteiger partial charge < -0.3 is 0 Å². The van der Waals surface area contributed by atoms with Gasteiger partial charge in [0.15, 0.2) is 30.7 Å². The van der Waals surface area contributed by atoms with Crippen LogP contribution in [-0.2, 0) is 0 Å². The van der Waals surface area contributed by atoms with Gasteiger partial charge in [-0.15, -0.1) is 11.8 Å². The van der Waals surface area contributed by atoms with Crippen LogP contribution in [0.4, 0.5) is 30.7 Å². The van der Waals surface area contributed by atoms with Gasteiger partial charge in [0.2, 0.25) is 41.6 Å². The first-order valence-corrected chi connectivity index (χ1v) is 17.5. The monoisotopic (exact) mass is 776 g/mol. The number of rotatable bonds is 4. The molecule has 24 heteroatoms. The van der Waals surface area contributed by atoms with Crippen LogP contribution in [0.25, 0.3) is 0 Å². The molecule has 0 amide bonds. The Morgan fingerprint density at radius 3 is 1.37 bits per heavy atom. The highest BCUT2D eigenvalue weighted by Gasteiger charge is 2.20. The number of aromatic nitrogens is 8. The van der Waals surface area contributed by atoms with Gasteiger partial charge in [-0.25, -0.2) is 4.98 Å². The van der Waals surface area contributed by atoms with Crippen molar-refractivity contribution in [1.29, 1.82) is 0 Å². The van der Waals surface area contributed by atoms with Crippen molar-refractivity contribution in [3.05, 3.63) is 56.7 Å². The third-order valence-electron chi connectivity index (χ3n) is 4.17. The predicted molar refractivity (Wildman–Crippen MR) is 153 cm³/mol. The molecule has 4 aromatic heterocycles. The standard InChI is InChI=1S/C9H2Cl2F4N4S2.C5H2ClFN2S2.C5H2F2N2S2/c10-2-4(12)16-8(17-5(2)13)20-1-21-9-18-6(14)3(11)7(15)19-9;6-2-3(7)8-5-9-4(2)10-1-11-5;6-3-2-4(7)9-5(8-3)11-1-10-2/h1H2;2*1H2. The van der Waals surface area contributed by atoms with Crippen molar-refractivity contribution < 1.29 is 30.7 Å². The topological polar surface area (TPSA) is 103 Å². The molecule has 0 N–H and O–H groups in total. The normalized spacial score (nSPS) is 13.1. The SMILES string of the molecule is Fc1nc(SCSc2nc(F)c(Cl)c(F)n2)nc(F)c1Cl.Fc1nc2nc(F)c1SCS2.Fc1nc2nc(c1Cl)SCS2. The van der Waals surface area contributed by atoms with E-state index in [1.807, 2.05) is 0 Å². The number of thioether (sulfide) groups is 6. The molecule has 4 aromatic rings. The van der Waals surface area contributed by atoms with Gasteiger partial charge in [-0.3, -0.25) is 0 Å². The fourth-order valence-corrected chi connectivity index (χ4v) is 8.05. The quantitative estimate of drug-likeness (QED) is 0.0653. The molecule has 8 nitrogen and oxygen atoms in total. The lowest BCUT2D eigenvalue weighted by molar-refractivity contribution is 0.462. The van der Waals surface area contributed by atoms with E-state index in [-0.39, 0.29) is 30.5 Å². The maximum absolute atomic E-state index is 13.1. The second-order valence-electron chi connectivity index (χ2n) is 6.86. The van der Waals surface area contributed by atoms with Crippen LogP contribution in [0.2, 0.25) is 15.1 Å². The lowest BCUT2D eigenvalue weighted by Crippen LogP contribution is -1.99. The van der Waals surface area contributed by atoms with Gasteiger partial charge in [0, 0.05) is 0 Å². The number of fused-ring (bicyclic) bond motifs is 6. The van der Waals surface area contributed by atoms with Crippen LogP contribution in [-0.4, -0.2) is 55.1 Å². The molecule has 0 saturated carbocycles. The first kappa shape index (κ1) is 34.7. The highest BCUT2D eigenvalue weighted by molar-refractivity contribution is 8.16. The Kier molecular flexibility index (Phi) is 12.8. The molecule has 0 aliphatic carbocycles. The second-order valence-corrected chi connectivity index (χ2v) is 14.8. The zero-order chi connectivity index (χ0) is 31.3. The first-order chi connectivity index (χ1) is 20.4. The van der Waals surface area contributed by atoms with Gasteiger partial charge in [0.1, 0.15) is 14.9 Å². The van der Waals surface area contributed by atoms with E-state index in [1.54, 1.807) is 0 Å². The molecular formula is C19H6Cl3F7N8S6. The van der Waals surface area contributed by atoms with Crippen LogP contribution in [0.5, 0.6) is 0 Å². The van der Waals surface area contributed by atoms with Gasteiger partial charge in [-0.05, 0) is 0 Å². The van der Waals surface area contributed by atoms with Crippen molar-refractivity contribution in [1.82, 2.24) is 39.9 Å². The summed E-state index contributed by atoms with van der Waals surface area (Å²) in [6, 6.07) is 0. The molecule has 0 unspecified atom stereocenters. The third-order valence-corrected chi connectivity index (χ3v) is 11.0. The lowest BCUT2D eigenvalue weighted by Gasteiger charge is -2.10. The summed E-state index contributed by atoms with van der Waals surface area (Å²) in [6.45, 7) is 0. The summed E-state index contributed by atoms with van der Waals surface area (Å²) in [6.07, 6.45) is 0. The van der Waals surface area contributed by atoms with Gasteiger partial charge in [-0.2, -0.15) is 65.6 Å². The summed E-state index contributed by atoms with van der Waals surface area (Å²) < 4.78 is 90.4. The minimum Gasteiger partial charge on any atom is -0.214 e. The van der Waals surface area contributed by atoms with Crippen LogP contribution in [0, 0.1) is 41.6 Å². The highest BCUT2D eigenvalue weighted by atomic mass is 35.5. The molecule has 0 atom stereocenters. The molecule has 0 spiro atoms. The Morgan fingerprint density at radius 2 is 0.884 bits per heavy atom. The molecule has 3 aliphatic rings. The highest BCUT2D eigenvalue weighted by Crippen LogP contribution is 2.36. The van der Waals surface area contributed by atoms with Crippen molar-refractivity contribution >= 4 is 105 Å². The Bertz CT molecular complexity index is 1530. The maximum Gasteiger partial charge on any atom is 0.238 e. The Labute approximate surface area is 276 Å². The molecule has 0 fully saturated rings. The van der Waals surface area contributed by atoms with Crippen molar-refractivity contribution in [2.45, 2.75) is 30.5 Å². The summed E-state index contributed by atoms with van der Waals surface area (Å²) in [5.74, 6) is -6.91. The Morgan fingerprint density at radius 1 is 0.488 bits per heavy atom. The predicted octanol–water partition coefficient (Wildman–Crippen LogP) is 8.31. The fourth-order valence-electron chi connectivity index (χ4n) is 2.40. The third kappa shape index (κ3) is 9.41. The van der Waals surface area contributed by atoms with Gasteiger partial charge in [0.05, 0.1) is 15.3 Å². The van der Waals surface area contributed by atoms with Crippen molar-refractivity contribution in [3.63, 3.8) is 0 Å². The average molecular weight is 778 g/mol. The fraction of sp³-hybridized carbons (Fsp3) is 0.158. The Balaban J connectivity index is 0.000000161. The van der Waals surface area contributed by atoms with Crippen molar-refractivity contribution in [2.24, 2.45) is 0 Å². The van der Waals surface area contributed by atoms with Gasteiger partial charge in [-0.1, -0.05) is 93.6 Å². The summed E-state index contributed by atoms with van der Waals surface area (Å²) in [5, 5.41) is 0.602. The minimum atomic E-state index is -1.20. The number of nitrogens with zero attached hydrogens (tertiary/aromatic N) is 8. The maximum atomic E-state index is 13.1. The summed E-state index contributed by atoms with van der Waals surface area (Å²) in [4.78, 5) is 27.5. The van der Waals surface area contributed by atoms with Crippen LogP contribution in [0.15, 0.2) is 30.5 Å². The summed E-state index contributed by atoms with van der Waals surface area (Å²) in [7, 11) is 0. The van der Waals surface area contributed by atoms with Crippen molar-refractivity contribution in [3.8, 4) is 0 Å². The number of hydrogen-bond donors (Lipinski definition) is 0. The molecule has 7 rings (SSSR count). The molecule has 4 bridgehead atoms. The second kappa shape index (κ2) is 15.9. The molecule has 0 aromatic carbocycles. The molecule has 7 heterocycles.